The summed E-state index contributed by atoms with van der Waals surface area (Å²) in [5.74, 6) is 2.13. The van der Waals surface area contributed by atoms with E-state index in [-0.39, 0.29) is 12.5 Å². The highest BCUT2D eigenvalue weighted by Crippen LogP contribution is 2.30. The predicted octanol–water partition coefficient (Wildman–Crippen LogP) is 6.64. The van der Waals surface area contributed by atoms with Gasteiger partial charge in [0, 0.05) is 24.2 Å². The molecule has 0 radical (unpaired) electrons. The van der Waals surface area contributed by atoms with Crippen molar-refractivity contribution in [3.05, 3.63) is 95.1 Å². The van der Waals surface area contributed by atoms with Crippen LogP contribution in [-0.4, -0.2) is 30.6 Å². The van der Waals surface area contributed by atoms with Gasteiger partial charge >= 0.3 is 0 Å². The van der Waals surface area contributed by atoms with Crippen molar-refractivity contribution in [1.82, 2.24) is 4.98 Å². The second kappa shape index (κ2) is 11.0. The number of carbonyl (C=O) groups is 1. The van der Waals surface area contributed by atoms with Gasteiger partial charge in [-0.05, 0) is 80.8 Å². The lowest BCUT2D eigenvalue weighted by Crippen LogP contribution is -2.34. The molecular formula is C32H35N3O2. The number of pyridine rings is 1. The number of ether oxygens (including phenoxy) is 1. The van der Waals surface area contributed by atoms with Crippen molar-refractivity contribution in [3.63, 3.8) is 0 Å². The molecule has 0 bridgehead atoms. The number of benzene rings is 3. The summed E-state index contributed by atoms with van der Waals surface area (Å²) < 4.78 is 5.99. The van der Waals surface area contributed by atoms with Crippen LogP contribution in [0.3, 0.4) is 0 Å². The number of carbonyl (C=O) groups excluding carboxylic acids is 1. The van der Waals surface area contributed by atoms with Gasteiger partial charge in [0.15, 0.2) is 6.61 Å². The maximum atomic E-state index is 12.7. The molecule has 1 saturated heterocycles. The summed E-state index contributed by atoms with van der Waals surface area (Å²) in [4.78, 5) is 20.1. The van der Waals surface area contributed by atoms with Crippen molar-refractivity contribution < 1.29 is 9.53 Å². The summed E-state index contributed by atoms with van der Waals surface area (Å²) in [5, 5.41) is 4.02. The largest absolute Gasteiger partial charge is 0.481 e. The van der Waals surface area contributed by atoms with Gasteiger partial charge in [0.2, 0.25) is 0 Å². The topological polar surface area (TPSA) is 54.5 Å². The first-order valence-electron chi connectivity index (χ1n) is 13.2. The van der Waals surface area contributed by atoms with Crippen LogP contribution in [0.4, 0.5) is 11.5 Å². The van der Waals surface area contributed by atoms with Crippen molar-refractivity contribution in [2.24, 2.45) is 5.92 Å². The smallest absolute Gasteiger partial charge is 0.262 e. The molecule has 1 amide bonds. The number of piperidine rings is 1. The Kier molecular flexibility index (Phi) is 7.40. The van der Waals surface area contributed by atoms with E-state index in [9.17, 15) is 4.79 Å². The molecule has 3 aromatic carbocycles. The maximum absolute atomic E-state index is 12.7. The fourth-order valence-corrected chi connectivity index (χ4v) is 5.41. The van der Waals surface area contributed by atoms with Crippen LogP contribution in [-0.2, 0) is 11.2 Å². The van der Waals surface area contributed by atoms with Crippen molar-refractivity contribution in [2.75, 3.05) is 29.9 Å². The molecule has 5 nitrogen and oxygen atoms in total. The van der Waals surface area contributed by atoms with Gasteiger partial charge in [-0.3, -0.25) is 4.79 Å². The molecule has 1 aromatic heterocycles. The molecule has 5 rings (SSSR count). The molecule has 2 heterocycles. The van der Waals surface area contributed by atoms with E-state index >= 15 is 0 Å². The zero-order valence-corrected chi connectivity index (χ0v) is 22.0. The van der Waals surface area contributed by atoms with Gasteiger partial charge in [-0.1, -0.05) is 60.2 Å². The molecular weight excluding hydrogens is 458 g/mol. The quantitative estimate of drug-likeness (QED) is 0.314. The van der Waals surface area contributed by atoms with E-state index in [0.717, 1.165) is 65.9 Å². The van der Waals surface area contributed by atoms with Crippen LogP contribution in [0.15, 0.2) is 72.8 Å². The molecule has 190 valence electrons. The Morgan fingerprint density at radius 1 is 0.946 bits per heavy atom. The fraction of sp³-hybridized carbons (Fsp3) is 0.312. The minimum Gasteiger partial charge on any atom is -0.481 e. The second-order valence-corrected chi connectivity index (χ2v) is 10.2. The lowest BCUT2D eigenvalue weighted by Gasteiger charge is -2.33. The van der Waals surface area contributed by atoms with Crippen molar-refractivity contribution in [1.29, 1.82) is 0 Å². The summed E-state index contributed by atoms with van der Waals surface area (Å²) in [6, 6.07) is 25.0. The zero-order valence-electron chi connectivity index (χ0n) is 22.0. The number of hydrogen-bond acceptors (Lipinski definition) is 4. The molecule has 1 N–H and O–H groups in total. The van der Waals surface area contributed by atoms with E-state index in [1.54, 1.807) is 0 Å². The summed E-state index contributed by atoms with van der Waals surface area (Å²) >= 11 is 0. The van der Waals surface area contributed by atoms with Crippen LogP contribution in [0.5, 0.6) is 5.75 Å². The number of amides is 1. The highest BCUT2D eigenvalue weighted by atomic mass is 16.5. The standard InChI is InChI=1S/C32H35N3O2/c1-22-18-23(2)31(24(3)19-22)34-30(36)21-37-28-11-7-10-27-12-13-29(33-32(27)28)35-16-14-26(15-17-35)20-25-8-5-4-6-9-25/h4-13,18-19,26H,14-17,20-21H2,1-3H3,(H,34,36). The van der Waals surface area contributed by atoms with Crippen LogP contribution in [0.2, 0.25) is 0 Å². The van der Waals surface area contributed by atoms with Gasteiger partial charge in [0.05, 0.1) is 0 Å². The number of aryl methyl sites for hydroxylation is 3. The van der Waals surface area contributed by atoms with Gasteiger partial charge in [-0.15, -0.1) is 0 Å². The lowest BCUT2D eigenvalue weighted by atomic mass is 9.90. The van der Waals surface area contributed by atoms with E-state index in [1.807, 2.05) is 32.0 Å². The highest BCUT2D eigenvalue weighted by Gasteiger charge is 2.21. The minimum absolute atomic E-state index is 0.0668. The highest BCUT2D eigenvalue weighted by molar-refractivity contribution is 5.94. The van der Waals surface area contributed by atoms with E-state index in [1.165, 1.54) is 11.1 Å². The van der Waals surface area contributed by atoms with Crippen molar-refractivity contribution in [2.45, 2.75) is 40.0 Å². The number of rotatable bonds is 7. The number of para-hydroxylation sites is 1. The monoisotopic (exact) mass is 493 g/mol. The summed E-state index contributed by atoms with van der Waals surface area (Å²) in [7, 11) is 0. The molecule has 0 aliphatic carbocycles. The Morgan fingerprint density at radius 3 is 2.41 bits per heavy atom. The van der Waals surface area contributed by atoms with Gasteiger partial charge in [0.25, 0.3) is 5.91 Å². The zero-order chi connectivity index (χ0) is 25.8. The van der Waals surface area contributed by atoms with Crippen LogP contribution < -0.4 is 15.0 Å². The third-order valence-electron chi connectivity index (χ3n) is 7.27. The molecule has 0 atom stereocenters. The van der Waals surface area contributed by atoms with Gasteiger partial charge in [-0.25, -0.2) is 4.98 Å². The number of hydrogen-bond donors (Lipinski definition) is 1. The molecule has 0 unspecified atom stereocenters. The van der Waals surface area contributed by atoms with Gasteiger partial charge < -0.3 is 15.0 Å². The first kappa shape index (κ1) is 24.8. The molecule has 1 aliphatic rings. The third-order valence-corrected chi connectivity index (χ3v) is 7.27. The Balaban J connectivity index is 1.24. The van der Waals surface area contributed by atoms with Crippen LogP contribution in [0, 0.1) is 26.7 Å². The summed E-state index contributed by atoms with van der Waals surface area (Å²) in [6.07, 6.45) is 3.46. The molecule has 4 aromatic rings. The summed E-state index contributed by atoms with van der Waals surface area (Å²) in [5.41, 5.74) is 6.35. The van der Waals surface area contributed by atoms with Crippen LogP contribution in [0.1, 0.15) is 35.1 Å². The molecule has 0 saturated carbocycles. The van der Waals surface area contributed by atoms with Crippen molar-refractivity contribution >= 4 is 28.3 Å². The Labute approximate surface area is 219 Å². The molecule has 5 heteroatoms. The minimum atomic E-state index is -0.177. The SMILES string of the molecule is Cc1cc(C)c(NC(=O)COc2cccc3ccc(N4CCC(Cc5ccccc5)CC4)nc23)c(C)c1. The van der Waals surface area contributed by atoms with Gasteiger partial charge in [0.1, 0.15) is 17.1 Å². The number of nitrogens with zero attached hydrogens (tertiary/aromatic N) is 2. The fourth-order valence-electron chi connectivity index (χ4n) is 5.41. The van der Waals surface area contributed by atoms with E-state index in [0.29, 0.717) is 11.7 Å². The Morgan fingerprint density at radius 2 is 1.68 bits per heavy atom. The maximum Gasteiger partial charge on any atom is 0.262 e. The van der Waals surface area contributed by atoms with E-state index in [4.69, 9.17) is 9.72 Å². The lowest BCUT2D eigenvalue weighted by molar-refractivity contribution is -0.118. The average Bonchev–Trinajstić information content (AvgIpc) is 2.90. The van der Waals surface area contributed by atoms with E-state index < -0.39 is 0 Å². The molecule has 1 fully saturated rings. The first-order chi connectivity index (χ1) is 18.0. The number of fused-ring (bicyclic) bond motifs is 1. The number of nitrogens with one attached hydrogen (secondary N) is 1. The Bertz CT molecular complexity index is 1370. The van der Waals surface area contributed by atoms with Crippen LogP contribution >= 0.6 is 0 Å². The van der Waals surface area contributed by atoms with Gasteiger partial charge in [-0.2, -0.15) is 0 Å². The van der Waals surface area contributed by atoms with Crippen LogP contribution in [0.25, 0.3) is 10.9 Å². The molecule has 1 aliphatic heterocycles. The average molecular weight is 494 g/mol. The first-order valence-corrected chi connectivity index (χ1v) is 13.2. The number of aromatic nitrogens is 1. The van der Waals surface area contributed by atoms with E-state index in [2.05, 4.69) is 71.7 Å². The second-order valence-electron chi connectivity index (χ2n) is 10.2. The molecule has 0 spiro atoms. The number of anilines is 2. The Hall–Kier alpha value is -3.86. The molecule has 37 heavy (non-hydrogen) atoms. The third kappa shape index (κ3) is 5.93. The summed E-state index contributed by atoms with van der Waals surface area (Å²) in [6.45, 7) is 8.01. The predicted molar refractivity (Wildman–Crippen MR) is 152 cm³/mol. The normalized spacial score (nSPS) is 14.1. The van der Waals surface area contributed by atoms with Crippen molar-refractivity contribution in [3.8, 4) is 5.75 Å².